The van der Waals surface area contributed by atoms with Gasteiger partial charge in [-0.3, -0.25) is 0 Å². The molecular weight excluding hydrogens is 324 g/mol. The zero-order chi connectivity index (χ0) is 18.8. The normalized spacial score (nSPS) is 25.1. The Bertz CT molecular complexity index is 1010. The molecule has 0 N–H and O–H groups in total. The molecule has 0 atom stereocenters. The fourth-order valence-electron chi connectivity index (χ4n) is 4.03. The molecule has 0 nitrogen and oxygen atoms in total. The van der Waals surface area contributed by atoms with Crippen LogP contribution in [0.3, 0.4) is 0 Å². The molecule has 3 aliphatic carbocycles. The molecule has 27 heavy (non-hydrogen) atoms. The Morgan fingerprint density at radius 1 is 0.963 bits per heavy atom. The highest BCUT2D eigenvalue weighted by Gasteiger charge is 2.18. The molecule has 134 valence electrons. The van der Waals surface area contributed by atoms with Gasteiger partial charge in [0.15, 0.2) is 0 Å². The van der Waals surface area contributed by atoms with Gasteiger partial charge < -0.3 is 0 Å². The molecule has 0 aromatic heterocycles. The van der Waals surface area contributed by atoms with E-state index in [1.807, 2.05) is 0 Å². The van der Waals surface area contributed by atoms with Crippen molar-refractivity contribution >= 4 is 11.6 Å². The maximum atomic E-state index is 4.16. The van der Waals surface area contributed by atoms with E-state index in [9.17, 15) is 0 Å². The van der Waals surface area contributed by atoms with Gasteiger partial charge in [0, 0.05) is 0 Å². The van der Waals surface area contributed by atoms with Gasteiger partial charge in [0.2, 0.25) is 0 Å². The molecule has 0 spiro atoms. The highest BCUT2D eigenvalue weighted by molar-refractivity contribution is 5.85. The number of allylic oxidation sites excluding steroid dienone is 14. The van der Waals surface area contributed by atoms with E-state index in [1.54, 1.807) is 0 Å². The molecule has 0 amide bonds. The van der Waals surface area contributed by atoms with E-state index in [1.165, 1.54) is 44.6 Å². The first kappa shape index (κ1) is 17.5. The van der Waals surface area contributed by atoms with E-state index in [4.69, 9.17) is 0 Å². The van der Waals surface area contributed by atoms with Gasteiger partial charge >= 0.3 is 0 Å². The van der Waals surface area contributed by atoms with Crippen LogP contribution in [0, 0.1) is 0 Å². The smallest absolute Gasteiger partial charge is 0.00201 e. The number of hydrogen-bond donors (Lipinski definition) is 0. The van der Waals surface area contributed by atoms with Crippen LogP contribution in [0.15, 0.2) is 101 Å². The SMILES string of the molecule is C=C1/C=C\C2=C(c3ccc4c(c3)C=CC4)C=C/C(=C/C)C/C2=C(CC)/C=C\1. The van der Waals surface area contributed by atoms with Crippen molar-refractivity contribution < 1.29 is 0 Å². The summed E-state index contributed by atoms with van der Waals surface area (Å²) in [6.45, 7) is 8.54. The number of fused-ring (bicyclic) bond motifs is 2. The summed E-state index contributed by atoms with van der Waals surface area (Å²) in [5, 5.41) is 0. The average Bonchev–Trinajstić information content (AvgIpc) is 3.07. The summed E-state index contributed by atoms with van der Waals surface area (Å²) in [5.74, 6) is 0. The molecule has 3 aliphatic rings. The van der Waals surface area contributed by atoms with Crippen LogP contribution in [0.25, 0.3) is 11.6 Å². The van der Waals surface area contributed by atoms with Gasteiger partial charge in [-0.2, -0.15) is 0 Å². The second-order valence-electron chi connectivity index (χ2n) is 7.32. The Kier molecular flexibility index (Phi) is 4.81. The first-order valence-corrected chi connectivity index (χ1v) is 9.84. The van der Waals surface area contributed by atoms with Crippen LogP contribution in [0.4, 0.5) is 0 Å². The minimum absolute atomic E-state index is 0.973. The first-order valence-electron chi connectivity index (χ1n) is 9.84. The fourth-order valence-corrected chi connectivity index (χ4v) is 4.03. The van der Waals surface area contributed by atoms with Crippen LogP contribution in [0.5, 0.6) is 0 Å². The summed E-state index contributed by atoms with van der Waals surface area (Å²) in [5.41, 5.74) is 11.9. The van der Waals surface area contributed by atoms with Crippen LogP contribution in [-0.2, 0) is 6.42 Å². The minimum atomic E-state index is 0.973. The Labute approximate surface area is 163 Å². The zero-order valence-corrected chi connectivity index (χ0v) is 16.3. The molecule has 0 saturated heterocycles. The van der Waals surface area contributed by atoms with Gasteiger partial charge in [0.25, 0.3) is 0 Å². The number of rotatable bonds is 2. The van der Waals surface area contributed by atoms with Crippen molar-refractivity contribution in [1.29, 1.82) is 0 Å². The summed E-state index contributed by atoms with van der Waals surface area (Å²) in [7, 11) is 0. The third-order valence-electron chi connectivity index (χ3n) is 5.65. The lowest BCUT2D eigenvalue weighted by Crippen LogP contribution is -1.98. The second-order valence-corrected chi connectivity index (χ2v) is 7.32. The summed E-state index contributed by atoms with van der Waals surface area (Å²) in [4.78, 5) is 0. The van der Waals surface area contributed by atoms with E-state index >= 15 is 0 Å². The molecule has 0 heterocycles. The molecule has 4 rings (SSSR count). The van der Waals surface area contributed by atoms with Crippen molar-refractivity contribution in [3.8, 4) is 0 Å². The van der Waals surface area contributed by atoms with Gasteiger partial charge in [-0.1, -0.05) is 80.3 Å². The third kappa shape index (κ3) is 3.40. The van der Waals surface area contributed by atoms with E-state index in [0.717, 1.165) is 24.8 Å². The highest BCUT2D eigenvalue weighted by Crippen LogP contribution is 2.38. The monoisotopic (exact) mass is 350 g/mol. The summed E-state index contributed by atoms with van der Waals surface area (Å²) < 4.78 is 0. The highest BCUT2D eigenvalue weighted by atomic mass is 14.2. The van der Waals surface area contributed by atoms with Gasteiger partial charge in [-0.25, -0.2) is 0 Å². The van der Waals surface area contributed by atoms with Crippen molar-refractivity contribution in [2.75, 3.05) is 0 Å². The van der Waals surface area contributed by atoms with Crippen molar-refractivity contribution in [2.24, 2.45) is 0 Å². The van der Waals surface area contributed by atoms with Crippen LogP contribution in [0.2, 0.25) is 0 Å². The molecule has 0 heteroatoms. The standard InChI is InChI=1S/C27H26/c1-4-20-11-16-25(24-14-13-22-7-6-8-23(22)18-24)26-15-10-19(3)9-12-21(5-2)27(26)17-20/h4,6,8-16,18H,3,5,7,17H2,1-2H3/b12-9-,15-10-,20-4-,27-21-. The van der Waals surface area contributed by atoms with Crippen LogP contribution in [0.1, 0.15) is 43.4 Å². The first-order chi connectivity index (χ1) is 13.2. The Hall–Kier alpha value is -2.86. The largest absolute Gasteiger partial charge is 0.0918 e. The van der Waals surface area contributed by atoms with E-state index < -0.39 is 0 Å². The van der Waals surface area contributed by atoms with E-state index in [0.29, 0.717) is 0 Å². The van der Waals surface area contributed by atoms with Gasteiger partial charge in [0.1, 0.15) is 0 Å². The molecule has 0 aliphatic heterocycles. The van der Waals surface area contributed by atoms with Crippen LogP contribution >= 0.6 is 0 Å². The Morgan fingerprint density at radius 2 is 1.78 bits per heavy atom. The zero-order valence-electron chi connectivity index (χ0n) is 16.3. The molecule has 0 radical (unpaired) electrons. The van der Waals surface area contributed by atoms with Crippen LogP contribution in [-0.4, -0.2) is 0 Å². The molecule has 0 unspecified atom stereocenters. The lowest BCUT2D eigenvalue weighted by molar-refractivity contribution is 1.06. The van der Waals surface area contributed by atoms with E-state index in [-0.39, 0.29) is 0 Å². The van der Waals surface area contributed by atoms with Crippen molar-refractivity contribution in [3.63, 3.8) is 0 Å². The van der Waals surface area contributed by atoms with Gasteiger partial charge in [-0.15, -0.1) is 0 Å². The maximum absolute atomic E-state index is 4.16. The average molecular weight is 351 g/mol. The lowest BCUT2D eigenvalue weighted by Gasteiger charge is -2.18. The van der Waals surface area contributed by atoms with Gasteiger partial charge in [-0.05, 0) is 82.4 Å². The predicted octanol–water partition coefficient (Wildman–Crippen LogP) is 7.30. The number of benzene rings is 1. The fraction of sp³-hybridized carbons (Fsp3) is 0.185. The Balaban J connectivity index is 1.99. The quantitative estimate of drug-likeness (QED) is 0.525. The van der Waals surface area contributed by atoms with Crippen molar-refractivity contribution in [1.82, 2.24) is 0 Å². The van der Waals surface area contributed by atoms with Crippen molar-refractivity contribution in [2.45, 2.75) is 33.1 Å². The topological polar surface area (TPSA) is 0 Å². The number of hydrogen-bond acceptors (Lipinski definition) is 0. The van der Waals surface area contributed by atoms with Crippen molar-refractivity contribution in [3.05, 3.63) is 118 Å². The van der Waals surface area contributed by atoms with E-state index in [2.05, 4.69) is 93.3 Å². The molecule has 0 fully saturated rings. The second kappa shape index (κ2) is 7.40. The maximum Gasteiger partial charge on any atom is -0.00201 e. The predicted molar refractivity (Wildman–Crippen MR) is 118 cm³/mol. The molecule has 1 aromatic carbocycles. The molecule has 0 saturated carbocycles. The summed E-state index contributed by atoms with van der Waals surface area (Å²) in [6.07, 6.45) is 23.1. The summed E-state index contributed by atoms with van der Waals surface area (Å²) >= 11 is 0. The minimum Gasteiger partial charge on any atom is -0.0918 e. The molecular formula is C27H26. The molecule has 0 bridgehead atoms. The lowest BCUT2D eigenvalue weighted by atomic mass is 9.87. The van der Waals surface area contributed by atoms with Crippen LogP contribution < -0.4 is 0 Å². The third-order valence-corrected chi connectivity index (χ3v) is 5.65. The summed E-state index contributed by atoms with van der Waals surface area (Å²) in [6, 6.07) is 6.90. The molecule has 1 aromatic rings. The Morgan fingerprint density at radius 3 is 2.59 bits per heavy atom. The van der Waals surface area contributed by atoms with Gasteiger partial charge in [0.05, 0.1) is 0 Å².